The zero-order valence-electron chi connectivity index (χ0n) is 15.8. The van der Waals surface area contributed by atoms with Crippen LogP contribution in [0.25, 0.3) is 11.0 Å². The van der Waals surface area contributed by atoms with Crippen LogP contribution in [0.2, 0.25) is 0 Å². The van der Waals surface area contributed by atoms with Gasteiger partial charge in [-0.1, -0.05) is 19.6 Å². The fraction of sp³-hybridized carbons (Fsp3) is 0.333. The van der Waals surface area contributed by atoms with E-state index in [0.717, 1.165) is 10.9 Å². The number of rotatable bonds is 5. The quantitative estimate of drug-likeness (QED) is 0.672. The molecule has 148 valence electrons. The maximum absolute atomic E-state index is 12.2. The standard InChI is InChI=1S/C20H22N4O3.CH4/c1-12(2)24-17(25)10-9-16-11-21-20(23-18(16)24)22-13(3)14-5-7-15(8-6-14)19(26)27-4;/h5-13H,1-4H3,(H,21,22,23);1H4/t13-;/m0./s1. The molecule has 28 heavy (non-hydrogen) atoms. The van der Waals surface area contributed by atoms with Gasteiger partial charge in [-0.05, 0) is 44.5 Å². The molecule has 3 rings (SSSR count). The first kappa shape index (κ1) is 21.1. The molecule has 1 aromatic carbocycles. The minimum atomic E-state index is -0.369. The number of fused-ring (bicyclic) bond motifs is 1. The van der Waals surface area contributed by atoms with Crippen LogP contribution < -0.4 is 10.9 Å². The molecule has 7 nitrogen and oxygen atoms in total. The lowest BCUT2D eigenvalue weighted by molar-refractivity contribution is 0.0600. The van der Waals surface area contributed by atoms with E-state index in [-0.39, 0.29) is 31.0 Å². The van der Waals surface area contributed by atoms with Gasteiger partial charge in [0, 0.05) is 23.7 Å². The number of aromatic nitrogens is 3. The Kier molecular flexibility index (Phi) is 6.51. The second kappa shape index (κ2) is 8.65. The molecule has 2 aromatic heterocycles. The summed E-state index contributed by atoms with van der Waals surface area (Å²) >= 11 is 0. The average Bonchev–Trinajstić information content (AvgIpc) is 2.66. The van der Waals surface area contributed by atoms with E-state index < -0.39 is 0 Å². The van der Waals surface area contributed by atoms with Crippen molar-refractivity contribution in [3.8, 4) is 0 Å². The third-order valence-electron chi connectivity index (χ3n) is 4.36. The number of ether oxygens (including phenoxy) is 1. The van der Waals surface area contributed by atoms with Crippen molar-refractivity contribution < 1.29 is 9.53 Å². The molecule has 0 amide bonds. The highest BCUT2D eigenvalue weighted by Gasteiger charge is 2.12. The summed E-state index contributed by atoms with van der Waals surface area (Å²) in [5.41, 5.74) is 1.98. The Balaban J connectivity index is 0.00000280. The monoisotopic (exact) mass is 382 g/mol. The van der Waals surface area contributed by atoms with Crippen LogP contribution in [0, 0.1) is 0 Å². The van der Waals surface area contributed by atoms with Crippen molar-refractivity contribution in [2.45, 2.75) is 40.3 Å². The molecule has 0 fully saturated rings. The highest BCUT2D eigenvalue weighted by atomic mass is 16.5. The second-order valence-electron chi connectivity index (χ2n) is 6.59. The van der Waals surface area contributed by atoms with Crippen LogP contribution in [0.1, 0.15) is 56.2 Å². The van der Waals surface area contributed by atoms with E-state index in [1.54, 1.807) is 29.0 Å². The summed E-state index contributed by atoms with van der Waals surface area (Å²) in [7, 11) is 1.36. The normalized spacial score (nSPS) is 11.8. The van der Waals surface area contributed by atoms with Crippen molar-refractivity contribution in [1.82, 2.24) is 14.5 Å². The van der Waals surface area contributed by atoms with Crippen LogP contribution in [-0.4, -0.2) is 27.6 Å². The molecule has 0 aliphatic carbocycles. The lowest BCUT2D eigenvalue weighted by Gasteiger charge is -2.16. The minimum Gasteiger partial charge on any atom is -0.465 e. The number of nitrogens with zero attached hydrogens (tertiary/aromatic N) is 3. The predicted molar refractivity (Wildman–Crippen MR) is 111 cm³/mol. The van der Waals surface area contributed by atoms with E-state index in [2.05, 4.69) is 15.3 Å². The summed E-state index contributed by atoms with van der Waals surface area (Å²) in [4.78, 5) is 32.6. The Labute approximate surface area is 164 Å². The van der Waals surface area contributed by atoms with Gasteiger partial charge in [0.2, 0.25) is 5.95 Å². The second-order valence-corrected chi connectivity index (χ2v) is 6.59. The maximum atomic E-state index is 12.2. The van der Waals surface area contributed by atoms with Crippen LogP contribution in [0.4, 0.5) is 5.95 Å². The van der Waals surface area contributed by atoms with Gasteiger partial charge < -0.3 is 10.1 Å². The summed E-state index contributed by atoms with van der Waals surface area (Å²) in [5.74, 6) is 0.0683. The first-order valence-electron chi connectivity index (χ1n) is 8.74. The van der Waals surface area contributed by atoms with Crippen molar-refractivity contribution in [2.75, 3.05) is 12.4 Å². The number of benzene rings is 1. The zero-order valence-corrected chi connectivity index (χ0v) is 15.8. The van der Waals surface area contributed by atoms with E-state index in [9.17, 15) is 9.59 Å². The Bertz CT molecular complexity index is 1030. The molecule has 0 spiro atoms. The molecular formula is C21H26N4O3. The number of esters is 1. The van der Waals surface area contributed by atoms with Gasteiger partial charge >= 0.3 is 5.97 Å². The SMILES string of the molecule is C.COC(=O)c1ccc([C@H](C)Nc2ncc3ccc(=O)n(C(C)C)c3n2)cc1. The molecule has 0 aliphatic heterocycles. The first-order chi connectivity index (χ1) is 12.9. The van der Waals surface area contributed by atoms with Crippen molar-refractivity contribution >= 4 is 23.0 Å². The van der Waals surface area contributed by atoms with Crippen LogP contribution in [0.3, 0.4) is 0 Å². The summed E-state index contributed by atoms with van der Waals surface area (Å²) in [5, 5.41) is 4.05. The number of carbonyl (C=O) groups excluding carboxylic acids is 1. The number of methoxy groups -OCH3 is 1. The van der Waals surface area contributed by atoms with E-state index in [0.29, 0.717) is 17.2 Å². The number of carbonyl (C=O) groups is 1. The molecule has 0 radical (unpaired) electrons. The van der Waals surface area contributed by atoms with Gasteiger partial charge in [0.15, 0.2) is 0 Å². The molecule has 0 saturated heterocycles. The van der Waals surface area contributed by atoms with Crippen LogP contribution >= 0.6 is 0 Å². The molecule has 1 N–H and O–H groups in total. The van der Waals surface area contributed by atoms with Crippen LogP contribution in [-0.2, 0) is 4.74 Å². The number of hydrogen-bond donors (Lipinski definition) is 1. The Morgan fingerprint density at radius 2 is 1.79 bits per heavy atom. The van der Waals surface area contributed by atoms with E-state index >= 15 is 0 Å². The summed E-state index contributed by atoms with van der Waals surface area (Å²) in [6.45, 7) is 5.87. The highest BCUT2D eigenvalue weighted by molar-refractivity contribution is 5.89. The Hall–Kier alpha value is -3.22. The van der Waals surface area contributed by atoms with Gasteiger partial charge in [-0.3, -0.25) is 9.36 Å². The average molecular weight is 382 g/mol. The largest absolute Gasteiger partial charge is 0.465 e. The fourth-order valence-corrected chi connectivity index (χ4v) is 2.91. The van der Waals surface area contributed by atoms with E-state index in [1.165, 1.54) is 13.2 Å². The van der Waals surface area contributed by atoms with Crippen LogP contribution in [0.5, 0.6) is 0 Å². The lowest BCUT2D eigenvalue weighted by atomic mass is 10.1. The maximum Gasteiger partial charge on any atom is 0.337 e. The molecule has 3 aromatic rings. The highest BCUT2D eigenvalue weighted by Crippen LogP contribution is 2.20. The summed E-state index contributed by atoms with van der Waals surface area (Å²) < 4.78 is 6.36. The van der Waals surface area contributed by atoms with E-state index in [1.807, 2.05) is 32.9 Å². The molecule has 0 saturated carbocycles. The minimum absolute atomic E-state index is 0. The van der Waals surface area contributed by atoms with Gasteiger partial charge in [0.05, 0.1) is 18.7 Å². The van der Waals surface area contributed by atoms with Crippen LogP contribution in [0.15, 0.2) is 47.4 Å². The fourth-order valence-electron chi connectivity index (χ4n) is 2.91. The molecule has 0 aliphatic rings. The van der Waals surface area contributed by atoms with Crippen molar-refractivity contribution in [3.05, 3.63) is 64.1 Å². The number of anilines is 1. The van der Waals surface area contributed by atoms with E-state index in [4.69, 9.17) is 4.74 Å². The van der Waals surface area contributed by atoms with Gasteiger partial charge in [0.1, 0.15) is 5.65 Å². The van der Waals surface area contributed by atoms with Gasteiger partial charge in [-0.25, -0.2) is 9.78 Å². The molecule has 1 atom stereocenters. The van der Waals surface area contributed by atoms with Gasteiger partial charge in [-0.15, -0.1) is 0 Å². The number of hydrogen-bond acceptors (Lipinski definition) is 6. The first-order valence-corrected chi connectivity index (χ1v) is 8.74. The third kappa shape index (κ3) is 4.19. The molecule has 0 bridgehead atoms. The smallest absolute Gasteiger partial charge is 0.337 e. The van der Waals surface area contributed by atoms with Crippen molar-refractivity contribution in [1.29, 1.82) is 0 Å². The Morgan fingerprint density at radius 3 is 2.39 bits per heavy atom. The van der Waals surface area contributed by atoms with Crippen molar-refractivity contribution in [3.63, 3.8) is 0 Å². The molecular weight excluding hydrogens is 356 g/mol. The Morgan fingerprint density at radius 1 is 1.11 bits per heavy atom. The number of nitrogens with one attached hydrogen (secondary N) is 1. The van der Waals surface area contributed by atoms with Crippen molar-refractivity contribution in [2.24, 2.45) is 0 Å². The molecule has 7 heteroatoms. The molecule has 0 unspecified atom stereocenters. The van der Waals surface area contributed by atoms with Gasteiger partial charge in [-0.2, -0.15) is 4.98 Å². The summed E-state index contributed by atoms with van der Waals surface area (Å²) in [6.07, 6.45) is 1.70. The topological polar surface area (TPSA) is 86.1 Å². The number of pyridine rings is 1. The predicted octanol–water partition coefficient (Wildman–Crippen LogP) is 3.97. The summed E-state index contributed by atoms with van der Waals surface area (Å²) in [6, 6.07) is 10.3. The molecule has 2 heterocycles. The lowest BCUT2D eigenvalue weighted by Crippen LogP contribution is -2.22. The van der Waals surface area contributed by atoms with Gasteiger partial charge in [0.25, 0.3) is 5.56 Å². The third-order valence-corrected chi connectivity index (χ3v) is 4.36. The zero-order chi connectivity index (χ0) is 19.6.